The minimum Gasteiger partial charge on any atom is -0.478 e. The van der Waals surface area contributed by atoms with Gasteiger partial charge in [-0.25, -0.2) is 4.39 Å². The minimum absolute atomic E-state index is 0.201. The van der Waals surface area contributed by atoms with Crippen LogP contribution in [0.1, 0.15) is 25.8 Å². The second-order valence-electron chi connectivity index (χ2n) is 5.79. The number of amides is 1. The van der Waals surface area contributed by atoms with E-state index in [0.29, 0.717) is 29.2 Å². The number of carbonyl (C=O) groups is 2. The van der Waals surface area contributed by atoms with Crippen molar-refractivity contribution in [2.45, 2.75) is 32.9 Å². The number of rotatable bonds is 4. The van der Waals surface area contributed by atoms with Crippen LogP contribution in [0.15, 0.2) is 42.5 Å². The molecule has 0 saturated carbocycles. The third kappa shape index (κ3) is 3.63. The normalized spacial score (nSPS) is 16.2. The van der Waals surface area contributed by atoms with Crippen LogP contribution in [-0.4, -0.2) is 18.0 Å². The van der Waals surface area contributed by atoms with Gasteiger partial charge in [-0.15, -0.1) is 0 Å². The van der Waals surface area contributed by atoms with Crippen molar-refractivity contribution in [3.8, 4) is 11.5 Å². The Kier molecular flexibility index (Phi) is 4.70. The highest BCUT2D eigenvalue weighted by Crippen LogP contribution is 2.38. The third-order valence-corrected chi connectivity index (χ3v) is 3.89. The lowest BCUT2D eigenvalue weighted by atomic mass is 10.1. The van der Waals surface area contributed by atoms with Crippen molar-refractivity contribution in [2.75, 3.05) is 4.90 Å². The molecule has 3 rings (SSSR count). The van der Waals surface area contributed by atoms with Crippen LogP contribution in [0.4, 0.5) is 10.1 Å². The number of anilines is 1. The monoisotopic (exact) mass is 343 g/mol. The van der Waals surface area contributed by atoms with E-state index in [1.165, 1.54) is 24.0 Å². The van der Waals surface area contributed by atoms with Crippen LogP contribution in [0.5, 0.6) is 11.5 Å². The molecule has 1 unspecified atom stereocenters. The number of ether oxygens (including phenoxy) is 2. The summed E-state index contributed by atoms with van der Waals surface area (Å²) in [6.07, 6.45) is -0.0792. The van der Waals surface area contributed by atoms with Crippen LogP contribution in [0.2, 0.25) is 0 Å². The molecular formula is C19H18FNO4. The fourth-order valence-electron chi connectivity index (χ4n) is 2.77. The van der Waals surface area contributed by atoms with E-state index in [0.717, 1.165) is 0 Å². The molecule has 0 radical (unpaired) electrons. The lowest BCUT2D eigenvalue weighted by molar-refractivity contribution is -0.131. The van der Waals surface area contributed by atoms with E-state index < -0.39 is 12.1 Å². The van der Waals surface area contributed by atoms with Gasteiger partial charge in [-0.3, -0.25) is 9.59 Å². The molecule has 1 aliphatic heterocycles. The molecule has 0 N–H and O–H groups in total. The third-order valence-electron chi connectivity index (χ3n) is 3.89. The molecule has 1 aliphatic rings. The van der Waals surface area contributed by atoms with Crippen LogP contribution < -0.4 is 14.4 Å². The van der Waals surface area contributed by atoms with Crippen molar-refractivity contribution in [1.82, 2.24) is 0 Å². The van der Waals surface area contributed by atoms with Crippen LogP contribution in [0.25, 0.3) is 0 Å². The van der Waals surface area contributed by atoms with Gasteiger partial charge in [-0.2, -0.15) is 0 Å². The molecule has 1 heterocycles. The van der Waals surface area contributed by atoms with Crippen LogP contribution in [-0.2, 0) is 16.1 Å². The van der Waals surface area contributed by atoms with Gasteiger partial charge in [0.05, 0.1) is 12.2 Å². The van der Waals surface area contributed by atoms with E-state index in [-0.39, 0.29) is 18.3 Å². The highest BCUT2D eigenvalue weighted by Gasteiger charge is 2.33. The first-order valence-corrected chi connectivity index (χ1v) is 8.03. The SMILES string of the molecule is CCC1Oc2ccc(OC(C)=O)cc2N(Cc2cccc(F)c2)C1=O. The molecule has 2 aromatic carbocycles. The van der Waals surface area contributed by atoms with Crippen LogP contribution in [0.3, 0.4) is 0 Å². The van der Waals surface area contributed by atoms with E-state index in [9.17, 15) is 14.0 Å². The second-order valence-corrected chi connectivity index (χ2v) is 5.79. The van der Waals surface area contributed by atoms with Gasteiger partial charge in [-0.05, 0) is 36.2 Å². The summed E-state index contributed by atoms with van der Waals surface area (Å²) in [4.78, 5) is 25.5. The van der Waals surface area contributed by atoms with Gasteiger partial charge in [-0.1, -0.05) is 19.1 Å². The summed E-state index contributed by atoms with van der Waals surface area (Å²) >= 11 is 0. The Balaban J connectivity index is 2.00. The second kappa shape index (κ2) is 6.93. The van der Waals surface area contributed by atoms with E-state index in [1.54, 1.807) is 30.3 Å². The smallest absolute Gasteiger partial charge is 0.308 e. The van der Waals surface area contributed by atoms with Crippen molar-refractivity contribution in [2.24, 2.45) is 0 Å². The van der Waals surface area contributed by atoms with Crippen LogP contribution >= 0.6 is 0 Å². The molecule has 5 nitrogen and oxygen atoms in total. The van der Waals surface area contributed by atoms with Gasteiger partial charge in [0.1, 0.15) is 17.3 Å². The molecule has 2 aromatic rings. The van der Waals surface area contributed by atoms with Crippen molar-refractivity contribution < 1.29 is 23.5 Å². The molecule has 25 heavy (non-hydrogen) atoms. The number of hydrogen-bond donors (Lipinski definition) is 0. The first kappa shape index (κ1) is 17.0. The number of nitrogens with zero attached hydrogens (tertiary/aromatic N) is 1. The quantitative estimate of drug-likeness (QED) is 0.630. The van der Waals surface area contributed by atoms with Gasteiger partial charge < -0.3 is 14.4 Å². The summed E-state index contributed by atoms with van der Waals surface area (Å²) < 4.78 is 24.3. The maximum atomic E-state index is 13.5. The summed E-state index contributed by atoms with van der Waals surface area (Å²) in [7, 11) is 0. The molecule has 1 atom stereocenters. The zero-order valence-electron chi connectivity index (χ0n) is 14.0. The summed E-state index contributed by atoms with van der Waals surface area (Å²) in [5.74, 6) is -0.176. The predicted molar refractivity (Wildman–Crippen MR) is 90.0 cm³/mol. The Morgan fingerprint density at radius 2 is 2.08 bits per heavy atom. The standard InChI is InChI=1S/C19H18FNO4/c1-3-17-19(23)21(11-13-5-4-6-14(20)9-13)16-10-15(24-12(2)22)7-8-18(16)25-17/h4-10,17H,3,11H2,1-2H3. The Hall–Kier alpha value is -2.89. The maximum absolute atomic E-state index is 13.5. The van der Waals surface area contributed by atoms with Crippen molar-refractivity contribution in [3.05, 3.63) is 53.8 Å². The molecule has 0 aromatic heterocycles. The zero-order valence-corrected chi connectivity index (χ0v) is 14.0. The van der Waals surface area contributed by atoms with E-state index >= 15 is 0 Å². The van der Waals surface area contributed by atoms with Crippen molar-refractivity contribution in [3.63, 3.8) is 0 Å². The number of hydrogen-bond acceptors (Lipinski definition) is 4. The molecule has 1 amide bonds. The van der Waals surface area contributed by atoms with Crippen LogP contribution in [0, 0.1) is 5.82 Å². The predicted octanol–water partition coefficient (Wildman–Crippen LogP) is 3.46. The lowest BCUT2D eigenvalue weighted by Crippen LogP contribution is -2.45. The number of carbonyl (C=O) groups excluding carboxylic acids is 2. The number of halogens is 1. The Labute approximate surface area is 145 Å². The molecule has 6 heteroatoms. The minimum atomic E-state index is -0.597. The average molecular weight is 343 g/mol. The molecular weight excluding hydrogens is 325 g/mol. The highest BCUT2D eigenvalue weighted by molar-refractivity contribution is 6.00. The summed E-state index contributed by atoms with van der Waals surface area (Å²) in [6, 6.07) is 11.0. The zero-order chi connectivity index (χ0) is 18.0. The molecule has 0 aliphatic carbocycles. The molecule has 0 fully saturated rings. The Bertz CT molecular complexity index is 821. The first-order valence-electron chi connectivity index (χ1n) is 8.03. The fraction of sp³-hybridized carbons (Fsp3) is 0.263. The summed E-state index contributed by atoms with van der Waals surface area (Å²) in [6.45, 7) is 3.37. The Morgan fingerprint density at radius 1 is 1.28 bits per heavy atom. The van der Waals surface area contributed by atoms with Crippen molar-refractivity contribution in [1.29, 1.82) is 0 Å². The average Bonchev–Trinajstić information content (AvgIpc) is 2.57. The molecule has 0 bridgehead atoms. The summed E-state index contributed by atoms with van der Waals surface area (Å²) in [5, 5.41) is 0. The van der Waals surface area contributed by atoms with Gasteiger partial charge >= 0.3 is 5.97 Å². The van der Waals surface area contributed by atoms with Gasteiger partial charge in [0.25, 0.3) is 5.91 Å². The van der Waals surface area contributed by atoms with E-state index in [1.807, 2.05) is 6.92 Å². The van der Waals surface area contributed by atoms with E-state index in [2.05, 4.69) is 0 Å². The van der Waals surface area contributed by atoms with Crippen molar-refractivity contribution >= 4 is 17.6 Å². The molecule has 0 saturated heterocycles. The number of esters is 1. The molecule has 130 valence electrons. The largest absolute Gasteiger partial charge is 0.478 e. The number of fused-ring (bicyclic) bond motifs is 1. The highest BCUT2D eigenvalue weighted by atomic mass is 19.1. The van der Waals surface area contributed by atoms with E-state index in [4.69, 9.17) is 9.47 Å². The first-order chi connectivity index (χ1) is 12.0. The topological polar surface area (TPSA) is 55.8 Å². The molecule has 0 spiro atoms. The fourth-order valence-corrected chi connectivity index (χ4v) is 2.77. The maximum Gasteiger partial charge on any atom is 0.308 e. The van der Waals surface area contributed by atoms with Gasteiger partial charge in [0.15, 0.2) is 6.10 Å². The number of benzene rings is 2. The Morgan fingerprint density at radius 3 is 2.76 bits per heavy atom. The van der Waals surface area contributed by atoms with Gasteiger partial charge in [0, 0.05) is 13.0 Å². The lowest BCUT2D eigenvalue weighted by Gasteiger charge is -2.34. The summed E-state index contributed by atoms with van der Waals surface area (Å²) in [5.41, 5.74) is 1.16. The van der Waals surface area contributed by atoms with Gasteiger partial charge in [0.2, 0.25) is 0 Å².